The highest BCUT2D eigenvalue weighted by atomic mass is 16.3. The lowest BCUT2D eigenvalue weighted by Gasteiger charge is -2.34. The molecule has 3 heteroatoms. The molecule has 37 heavy (non-hydrogen) atoms. The van der Waals surface area contributed by atoms with E-state index in [1.54, 1.807) is 6.07 Å². The average Bonchev–Trinajstić information content (AvgIpc) is 2.83. The molecule has 3 N–H and O–H groups in total. The summed E-state index contributed by atoms with van der Waals surface area (Å²) in [5, 5.41) is 10.5. The van der Waals surface area contributed by atoms with Crippen LogP contribution in [0.3, 0.4) is 0 Å². The van der Waals surface area contributed by atoms with Crippen LogP contribution in [0, 0.1) is 17.8 Å². The van der Waals surface area contributed by atoms with E-state index < -0.39 is 0 Å². The maximum Gasteiger partial charge on any atom is 0.124 e. The number of nitrogens with two attached hydrogens (primary N) is 1. The summed E-state index contributed by atoms with van der Waals surface area (Å²) in [5.74, 6) is 2.21. The molecule has 1 aliphatic rings. The summed E-state index contributed by atoms with van der Waals surface area (Å²) >= 11 is 0. The molecule has 0 fully saturated rings. The van der Waals surface area contributed by atoms with Crippen molar-refractivity contribution in [3.05, 3.63) is 82.0 Å². The number of nitrogens with zero attached hydrogens (tertiary/aromatic N) is 1. The molecular formula is C34H48N2O. The molecule has 1 aliphatic carbocycles. The molecule has 0 heterocycles. The van der Waals surface area contributed by atoms with Gasteiger partial charge in [-0.2, -0.15) is 0 Å². The lowest BCUT2D eigenvalue weighted by Crippen LogP contribution is -2.30. The fourth-order valence-electron chi connectivity index (χ4n) is 5.54. The van der Waals surface area contributed by atoms with Gasteiger partial charge in [-0.25, -0.2) is 0 Å². The second-order valence-electron chi connectivity index (χ2n) is 11.9. The quantitative estimate of drug-likeness (QED) is 0.267. The summed E-state index contributed by atoms with van der Waals surface area (Å²) in [5.41, 5.74) is 15.9. The standard InChI is InChI=1S/C34H48N2O/c1-10-31(26-13-11-12-14-32(26)37)36-34-29(22(6)7)18-25(19-30(34)23(8)9)15-24-16-27(20(2)3)33(35)28(17-24)21(4)5/h11-14,16-23,29,34,37H,10,15,35H2,1-9H3. The smallest absolute Gasteiger partial charge is 0.124 e. The zero-order valence-corrected chi connectivity index (χ0v) is 24.5. The summed E-state index contributed by atoms with van der Waals surface area (Å²) in [6.07, 6.45) is 6.54. The number of hydrogen-bond acceptors (Lipinski definition) is 3. The Hall–Kier alpha value is -2.81. The van der Waals surface area contributed by atoms with Gasteiger partial charge in [-0.1, -0.05) is 98.7 Å². The molecule has 3 nitrogen and oxygen atoms in total. The fraction of sp³-hybridized carbons (Fsp3) is 0.500. The van der Waals surface area contributed by atoms with E-state index in [-0.39, 0.29) is 6.04 Å². The minimum absolute atomic E-state index is 0.0715. The Bertz CT molecular complexity index is 1150. The van der Waals surface area contributed by atoms with Gasteiger partial charge in [0.25, 0.3) is 0 Å². The molecule has 0 saturated carbocycles. The van der Waals surface area contributed by atoms with Crippen LogP contribution in [0.15, 0.2) is 64.7 Å². The topological polar surface area (TPSA) is 58.6 Å². The Morgan fingerprint density at radius 1 is 0.919 bits per heavy atom. The first-order chi connectivity index (χ1) is 17.4. The van der Waals surface area contributed by atoms with Crippen LogP contribution in [-0.4, -0.2) is 16.9 Å². The average molecular weight is 501 g/mol. The molecule has 2 aromatic carbocycles. The molecule has 0 saturated heterocycles. The van der Waals surface area contributed by atoms with Crippen LogP contribution in [0.2, 0.25) is 0 Å². The third kappa shape index (κ3) is 6.55. The van der Waals surface area contributed by atoms with Crippen LogP contribution in [0.25, 0.3) is 0 Å². The second-order valence-corrected chi connectivity index (χ2v) is 11.9. The number of aliphatic imine (C=N–C) groups is 1. The molecule has 3 rings (SSSR count). The van der Waals surface area contributed by atoms with E-state index in [9.17, 15) is 5.11 Å². The van der Waals surface area contributed by atoms with E-state index in [0.29, 0.717) is 35.3 Å². The van der Waals surface area contributed by atoms with Crippen molar-refractivity contribution in [1.29, 1.82) is 0 Å². The zero-order chi connectivity index (χ0) is 27.4. The monoisotopic (exact) mass is 500 g/mol. The van der Waals surface area contributed by atoms with Gasteiger partial charge in [0.05, 0.1) is 6.04 Å². The summed E-state index contributed by atoms with van der Waals surface area (Å²) < 4.78 is 0. The molecule has 0 amide bonds. The first-order valence-corrected chi connectivity index (χ1v) is 14.1. The first kappa shape index (κ1) is 28.8. The Morgan fingerprint density at radius 2 is 1.51 bits per heavy atom. The van der Waals surface area contributed by atoms with Gasteiger partial charge in [-0.15, -0.1) is 0 Å². The number of anilines is 1. The summed E-state index contributed by atoms with van der Waals surface area (Å²) in [4.78, 5) is 5.35. The molecule has 2 aromatic rings. The van der Waals surface area contributed by atoms with Crippen molar-refractivity contribution < 1.29 is 5.11 Å². The highest BCUT2D eigenvalue weighted by molar-refractivity contribution is 6.02. The van der Waals surface area contributed by atoms with Gasteiger partial charge in [-0.05, 0) is 76.5 Å². The normalized spacial score (nSPS) is 18.7. The van der Waals surface area contributed by atoms with Crippen molar-refractivity contribution in [2.24, 2.45) is 22.7 Å². The van der Waals surface area contributed by atoms with Gasteiger partial charge in [0.1, 0.15) is 5.75 Å². The highest BCUT2D eigenvalue weighted by Gasteiger charge is 2.31. The SMILES string of the molecule is CCC(=NC1C(C(C)C)=CC(Cc2cc(C(C)C)c(N)c(C(C)C)c2)=CC1C(C)C)c1ccccc1O. The zero-order valence-electron chi connectivity index (χ0n) is 24.5. The Morgan fingerprint density at radius 3 is 2.00 bits per heavy atom. The molecule has 0 aromatic heterocycles. The van der Waals surface area contributed by atoms with E-state index in [0.717, 1.165) is 29.8 Å². The number of para-hydroxylation sites is 1. The van der Waals surface area contributed by atoms with Crippen LogP contribution in [0.5, 0.6) is 5.75 Å². The van der Waals surface area contributed by atoms with Crippen molar-refractivity contribution in [1.82, 2.24) is 0 Å². The number of hydrogen-bond donors (Lipinski definition) is 2. The van der Waals surface area contributed by atoms with Crippen LogP contribution >= 0.6 is 0 Å². The molecule has 0 spiro atoms. The van der Waals surface area contributed by atoms with E-state index in [1.807, 2.05) is 18.2 Å². The number of aromatic hydroxyl groups is 1. The van der Waals surface area contributed by atoms with Crippen LogP contribution < -0.4 is 5.73 Å². The molecule has 0 aliphatic heterocycles. The van der Waals surface area contributed by atoms with Crippen LogP contribution in [0.4, 0.5) is 5.69 Å². The molecule has 200 valence electrons. The molecule has 2 atom stereocenters. The maximum atomic E-state index is 10.5. The summed E-state index contributed by atoms with van der Waals surface area (Å²) in [6.45, 7) is 20.2. The van der Waals surface area contributed by atoms with Crippen molar-refractivity contribution in [2.45, 2.75) is 93.0 Å². The minimum atomic E-state index is 0.0715. The van der Waals surface area contributed by atoms with Gasteiger partial charge >= 0.3 is 0 Å². The number of allylic oxidation sites excluding steroid dienone is 2. The van der Waals surface area contributed by atoms with E-state index in [2.05, 4.69) is 86.6 Å². The molecule has 2 unspecified atom stereocenters. The van der Waals surface area contributed by atoms with Gasteiger partial charge < -0.3 is 10.8 Å². The van der Waals surface area contributed by atoms with Crippen molar-refractivity contribution >= 4 is 11.4 Å². The Labute approximate surface area is 225 Å². The fourth-order valence-corrected chi connectivity index (χ4v) is 5.54. The van der Waals surface area contributed by atoms with Gasteiger partial charge in [-0.3, -0.25) is 4.99 Å². The number of nitrogen functional groups attached to an aromatic ring is 1. The first-order valence-electron chi connectivity index (χ1n) is 14.1. The maximum absolute atomic E-state index is 10.5. The van der Waals surface area contributed by atoms with E-state index >= 15 is 0 Å². The minimum Gasteiger partial charge on any atom is -0.507 e. The van der Waals surface area contributed by atoms with Crippen LogP contribution in [0.1, 0.15) is 103 Å². The second kappa shape index (κ2) is 12.2. The lowest BCUT2D eigenvalue weighted by molar-refractivity contribution is 0.394. The highest BCUT2D eigenvalue weighted by Crippen LogP contribution is 2.38. The predicted molar refractivity (Wildman–Crippen MR) is 161 cm³/mol. The third-order valence-corrected chi connectivity index (χ3v) is 7.70. The Balaban J connectivity index is 2.07. The predicted octanol–water partition coefficient (Wildman–Crippen LogP) is 8.83. The molecule has 0 bridgehead atoms. The molecular weight excluding hydrogens is 452 g/mol. The van der Waals surface area contributed by atoms with E-state index in [1.165, 1.54) is 27.8 Å². The van der Waals surface area contributed by atoms with Crippen molar-refractivity contribution in [3.63, 3.8) is 0 Å². The Kier molecular flexibility index (Phi) is 9.45. The molecule has 0 radical (unpaired) electrons. The van der Waals surface area contributed by atoms with Gasteiger partial charge in [0.2, 0.25) is 0 Å². The number of rotatable bonds is 9. The lowest BCUT2D eigenvalue weighted by atomic mass is 9.75. The number of phenolic OH excluding ortho intramolecular Hbond substituents is 1. The summed E-state index contributed by atoms with van der Waals surface area (Å²) in [7, 11) is 0. The third-order valence-electron chi connectivity index (χ3n) is 7.70. The van der Waals surface area contributed by atoms with E-state index in [4.69, 9.17) is 10.7 Å². The number of phenols is 1. The van der Waals surface area contributed by atoms with Crippen molar-refractivity contribution in [3.8, 4) is 5.75 Å². The number of benzene rings is 2. The van der Waals surface area contributed by atoms with Gasteiger partial charge in [0, 0.05) is 22.9 Å². The van der Waals surface area contributed by atoms with Crippen LogP contribution in [-0.2, 0) is 6.42 Å². The largest absolute Gasteiger partial charge is 0.507 e. The van der Waals surface area contributed by atoms with Gasteiger partial charge in [0.15, 0.2) is 0 Å². The summed E-state index contributed by atoms with van der Waals surface area (Å²) in [6, 6.07) is 12.3. The van der Waals surface area contributed by atoms with Crippen molar-refractivity contribution in [2.75, 3.05) is 5.73 Å².